The molecular formula is C17H21NO3S. The molecule has 0 atom stereocenters. The van der Waals surface area contributed by atoms with E-state index >= 15 is 0 Å². The predicted octanol–water partition coefficient (Wildman–Crippen LogP) is 2.62. The molecule has 22 heavy (non-hydrogen) atoms. The first-order valence-electron chi connectivity index (χ1n) is 7.31. The van der Waals surface area contributed by atoms with Crippen molar-refractivity contribution < 1.29 is 12.6 Å². The van der Waals surface area contributed by atoms with Gasteiger partial charge in [-0.3, -0.25) is 9.08 Å². The highest BCUT2D eigenvalue weighted by atomic mass is 32.2. The van der Waals surface area contributed by atoms with Crippen LogP contribution in [0.1, 0.15) is 17.5 Å². The Morgan fingerprint density at radius 1 is 0.818 bits per heavy atom. The molecule has 4 nitrogen and oxygen atoms in total. The van der Waals surface area contributed by atoms with Gasteiger partial charge < -0.3 is 0 Å². The van der Waals surface area contributed by atoms with Crippen LogP contribution in [0.15, 0.2) is 60.7 Å². The van der Waals surface area contributed by atoms with Crippen LogP contribution in [0.2, 0.25) is 0 Å². The molecule has 0 aliphatic heterocycles. The molecule has 0 unspecified atom stereocenters. The van der Waals surface area contributed by atoms with Gasteiger partial charge in [-0.25, -0.2) is 8.42 Å². The van der Waals surface area contributed by atoms with E-state index in [1.54, 1.807) is 0 Å². The Morgan fingerprint density at radius 2 is 1.32 bits per heavy atom. The molecule has 0 aliphatic carbocycles. The van der Waals surface area contributed by atoms with Crippen molar-refractivity contribution in [2.45, 2.75) is 19.5 Å². The minimum Gasteiger partial charge on any atom is -0.295 e. The van der Waals surface area contributed by atoms with E-state index in [-0.39, 0.29) is 6.61 Å². The third-order valence-corrected chi connectivity index (χ3v) is 3.71. The lowest BCUT2D eigenvalue weighted by Crippen LogP contribution is -2.24. The first-order valence-corrected chi connectivity index (χ1v) is 8.41. The quantitative estimate of drug-likeness (QED) is 0.570. The molecule has 118 valence electrons. The van der Waals surface area contributed by atoms with Gasteiger partial charge in [-0.15, -0.1) is 0 Å². The van der Waals surface area contributed by atoms with Crippen LogP contribution >= 0.6 is 0 Å². The molecule has 2 rings (SSSR count). The summed E-state index contributed by atoms with van der Waals surface area (Å²) in [6.07, 6.45) is 0.684. The molecular weight excluding hydrogens is 298 g/mol. The lowest BCUT2D eigenvalue weighted by Gasteiger charge is -2.22. The van der Waals surface area contributed by atoms with Crippen LogP contribution in [0.4, 0.5) is 0 Å². The summed E-state index contributed by atoms with van der Waals surface area (Å²) in [7, 11) is -2.75. The van der Waals surface area contributed by atoms with Gasteiger partial charge in [-0.1, -0.05) is 60.7 Å². The van der Waals surface area contributed by atoms with Crippen molar-refractivity contribution in [3.05, 3.63) is 71.8 Å². The summed E-state index contributed by atoms with van der Waals surface area (Å²) in [5.74, 6) is 0. The molecule has 2 aromatic carbocycles. The lowest BCUT2D eigenvalue weighted by molar-refractivity contribution is 0.226. The van der Waals surface area contributed by atoms with Crippen LogP contribution in [0.3, 0.4) is 0 Å². The SMILES string of the molecule is O=[SH](=O)OCCCN(Cc1ccccc1)Cc1ccccc1. The molecule has 0 heterocycles. The maximum Gasteiger partial charge on any atom is 0.257 e. The highest BCUT2D eigenvalue weighted by molar-refractivity contribution is 7.67. The zero-order chi connectivity index (χ0) is 15.6. The Morgan fingerprint density at radius 3 is 1.77 bits per heavy atom. The summed E-state index contributed by atoms with van der Waals surface area (Å²) in [6.45, 7) is 2.68. The van der Waals surface area contributed by atoms with Crippen molar-refractivity contribution in [2.24, 2.45) is 0 Å². The first kappa shape index (κ1) is 16.7. The fourth-order valence-electron chi connectivity index (χ4n) is 2.32. The summed E-state index contributed by atoms with van der Waals surface area (Å²) in [4.78, 5) is 2.30. The van der Waals surface area contributed by atoms with E-state index in [9.17, 15) is 8.42 Å². The highest BCUT2D eigenvalue weighted by Crippen LogP contribution is 2.10. The maximum atomic E-state index is 10.4. The van der Waals surface area contributed by atoms with Gasteiger partial charge in [0.15, 0.2) is 0 Å². The van der Waals surface area contributed by atoms with E-state index in [0.29, 0.717) is 6.42 Å². The van der Waals surface area contributed by atoms with Crippen LogP contribution in [-0.2, 0) is 28.3 Å². The minimum atomic E-state index is -2.75. The van der Waals surface area contributed by atoms with Crippen molar-refractivity contribution in [2.75, 3.05) is 13.2 Å². The van der Waals surface area contributed by atoms with Crippen molar-refractivity contribution in [3.8, 4) is 0 Å². The Kier molecular flexibility index (Phi) is 7.09. The van der Waals surface area contributed by atoms with Crippen molar-refractivity contribution in [1.82, 2.24) is 4.90 Å². The van der Waals surface area contributed by atoms with E-state index in [2.05, 4.69) is 33.3 Å². The van der Waals surface area contributed by atoms with Crippen LogP contribution in [-0.4, -0.2) is 26.5 Å². The normalized spacial score (nSPS) is 11.2. The average Bonchev–Trinajstić information content (AvgIpc) is 2.53. The second-order valence-corrected chi connectivity index (χ2v) is 5.80. The van der Waals surface area contributed by atoms with E-state index in [0.717, 1.165) is 19.6 Å². The van der Waals surface area contributed by atoms with Crippen LogP contribution in [0, 0.1) is 0 Å². The number of nitrogens with zero attached hydrogens (tertiary/aromatic N) is 1. The second-order valence-electron chi connectivity index (χ2n) is 5.09. The average molecular weight is 319 g/mol. The van der Waals surface area contributed by atoms with E-state index in [1.165, 1.54) is 11.1 Å². The second kappa shape index (κ2) is 9.35. The van der Waals surface area contributed by atoms with Crippen LogP contribution in [0.25, 0.3) is 0 Å². The molecule has 0 saturated carbocycles. The summed E-state index contributed by atoms with van der Waals surface area (Å²) < 4.78 is 25.5. The highest BCUT2D eigenvalue weighted by Gasteiger charge is 2.07. The van der Waals surface area contributed by atoms with Crippen molar-refractivity contribution in [1.29, 1.82) is 0 Å². The van der Waals surface area contributed by atoms with Gasteiger partial charge in [0.1, 0.15) is 0 Å². The van der Waals surface area contributed by atoms with Gasteiger partial charge in [0.05, 0.1) is 6.61 Å². The lowest BCUT2D eigenvalue weighted by atomic mass is 10.1. The fraction of sp³-hybridized carbons (Fsp3) is 0.294. The van der Waals surface area contributed by atoms with Gasteiger partial charge in [-0.05, 0) is 17.5 Å². The smallest absolute Gasteiger partial charge is 0.257 e. The summed E-state index contributed by atoms with van der Waals surface area (Å²) in [6, 6.07) is 20.5. The number of hydrogen-bond acceptors (Lipinski definition) is 4. The Labute approximate surface area is 133 Å². The van der Waals surface area contributed by atoms with Gasteiger partial charge >= 0.3 is 0 Å². The standard InChI is InChI=1S/C17H21NO3S/c19-22(20)21-13-7-12-18(14-16-8-3-1-4-9-16)15-17-10-5-2-6-11-17/h1-6,8-11,22H,7,12-15H2. The number of thiol groups is 1. The number of hydrogen-bond donors (Lipinski definition) is 1. The van der Waals surface area contributed by atoms with Gasteiger partial charge in [0, 0.05) is 19.6 Å². The monoisotopic (exact) mass is 319 g/mol. The molecule has 0 fully saturated rings. The molecule has 0 spiro atoms. The third kappa shape index (κ3) is 6.39. The number of rotatable bonds is 9. The predicted molar refractivity (Wildman–Crippen MR) is 87.9 cm³/mol. The topological polar surface area (TPSA) is 46.6 Å². The van der Waals surface area contributed by atoms with E-state index < -0.39 is 11.0 Å². The zero-order valence-electron chi connectivity index (χ0n) is 12.4. The number of benzene rings is 2. The molecule has 0 N–H and O–H groups in total. The van der Waals surface area contributed by atoms with Crippen molar-refractivity contribution in [3.63, 3.8) is 0 Å². The molecule has 5 heteroatoms. The zero-order valence-corrected chi connectivity index (χ0v) is 13.3. The third-order valence-electron chi connectivity index (χ3n) is 3.31. The molecule has 0 radical (unpaired) electrons. The van der Waals surface area contributed by atoms with Crippen LogP contribution in [0.5, 0.6) is 0 Å². The molecule has 0 bridgehead atoms. The minimum absolute atomic E-state index is 0.235. The van der Waals surface area contributed by atoms with E-state index in [4.69, 9.17) is 0 Å². The summed E-state index contributed by atoms with van der Waals surface area (Å²) >= 11 is 0. The molecule has 0 aromatic heterocycles. The molecule has 2 aromatic rings. The maximum absolute atomic E-state index is 10.4. The van der Waals surface area contributed by atoms with Gasteiger partial charge in [0.25, 0.3) is 11.0 Å². The Hall–Kier alpha value is -1.69. The fourth-order valence-corrected chi connectivity index (χ4v) is 2.60. The Bertz CT molecular complexity index is 565. The van der Waals surface area contributed by atoms with Gasteiger partial charge in [0.2, 0.25) is 0 Å². The largest absolute Gasteiger partial charge is 0.295 e. The summed E-state index contributed by atoms with van der Waals surface area (Å²) in [5, 5.41) is 0. The molecule has 0 aliphatic rings. The van der Waals surface area contributed by atoms with Crippen molar-refractivity contribution >= 4 is 11.0 Å². The van der Waals surface area contributed by atoms with E-state index in [1.807, 2.05) is 36.4 Å². The summed E-state index contributed by atoms with van der Waals surface area (Å²) in [5.41, 5.74) is 2.49. The first-order chi connectivity index (χ1) is 10.7. The van der Waals surface area contributed by atoms with Gasteiger partial charge in [-0.2, -0.15) is 0 Å². The Balaban J connectivity index is 1.93. The molecule has 0 amide bonds. The molecule has 0 saturated heterocycles. The van der Waals surface area contributed by atoms with Crippen LogP contribution < -0.4 is 0 Å².